The average Bonchev–Trinajstić information content (AvgIpc) is 2.82. The van der Waals surface area contributed by atoms with Crippen molar-refractivity contribution >= 4 is 5.78 Å². The Morgan fingerprint density at radius 1 is 1.56 bits per heavy atom. The van der Waals surface area contributed by atoms with E-state index in [1.807, 2.05) is 6.92 Å². The van der Waals surface area contributed by atoms with Gasteiger partial charge < -0.3 is 10.1 Å². The van der Waals surface area contributed by atoms with Gasteiger partial charge in [0.25, 0.3) is 0 Å². The summed E-state index contributed by atoms with van der Waals surface area (Å²) >= 11 is 0. The molecule has 3 nitrogen and oxygen atoms in total. The van der Waals surface area contributed by atoms with E-state index in [-0.39, 0.29) is 30.2 Å². The second kappa shape index (κ2) is 5.59. The number of carbonyl (C=O) groups is 1. The summed E-state index contributed by atoms with van der Waals surface area (Å²) in [7, 11) is 1.65. The lowest BCUT2D eigenvalue weighted by molar-refractivity contribution is -0.120. The van der Waals surface area contributed by atoms with E-state index in [9.17, 15) is 9.18 Å². The fourth-order valence-electron chi connectivity index (χ4n) is 2.27. The van der Waals surface area contributed by atoms with Crippen LogP contribution in [0.5, 0.6) is 0 Å². The normalized spacial score (nSPS) is 23.3. The molecule has 0 aliphatic carbocycles. The molecule has 1 saturated heterocycles. The minimum Gasteiger partial charge on any atom is -0.380 e. The molecule has 0 radical (unpaired) electrons. The van der Waals surface area contributed by atoms with Crippen LogP contribution in [0.2, 0.25) is 0 Å². The Labute approximate surface area is 106 Å². The highest BCUT2D eigenvalue weighted by Gasteiger charge is 2.29. The fourth-order valence-corrected chi connectivity index (χ4v) is 2.27. The number of benzene rings is 1. The maximum atomic E-state index is 13.1. The van der Waals surface area contributed by atoms with Gasteiger partial charge in [-0.05, 0) is 36.6 Å². The third kappa shape index (κ3) is 2.94. The number of aryl methyl sites for hydroxylation is 1. The first kappa shape index (κ1) is 13.2. The van der Waals surface area contributed by atoms with Gasteiger partial charge in [0.1, 0.15) is 5.82 Å². The van der Waals surface area contributed by atoms with Crippen LogP contribution in [0.25, 0.3) is 0 Å². The second-order valence-electron chi connectivity index (χ2n) is 4.77. The lowest BCUT2D eigenvalue weighted by Gasteiger charge is -2.11. The molecule has 1 fully saturated rings. The van der Waals surface area contributed by atoms with Gasteiger partial charge in [-0.15, -0.1) is 0 Å². The maximum Gasteiger partial charge on any atom is 0.154 e. The average molecular weight is 251 g/mol. The van der Waals surface area contributed by atoms with Crippen molar-refractivity contribution in [3.63, 3.8) is 0 Å². The number of ether oxygens (including phenoxy) is 1. The van der Waals surface area contributed by atoms with Crippen LogP contribution in [-0.4, -0.2) is 31.6 Å². The Balaban J connectivity index is 2.01. The second-order valence-corrected chi connectivity index (χ2v) is 4.77. The number of ketones is 1. The van der Waals surface area contributed by atoms with E-state index in [0.717, 1.165) is 11.1 Å². The molecule has 98 valence electrons. The Kier molecular flexibility index (Phi) is 4.09. The molecule has 0 saturated carbocycles. The Hall–Kier alpha value is -1.26. The molecule has 2 unspecified atom stereocenters. The first-order chi connectivity index (χ1) is 8.60. The number of nitrogens with one attached hydrogen (secondary N) is 1. The maximum absolute atomic E-state index is 13.1. The molecule has 0 bridgehead atoms. The molecule has 1 aliphatic rings. The molecule has 1 aromatic carbocycles. The van der Waals surface area contributed by atoms with Crippen LogP contribution in [0.15, 0.2) is 18.2 Å². The molecule has 1 aromatic rings. The summed E-state index contributed by atoms with van der Waals surface area (Å²) in [6.45, 7) is 2.59. The highest BCUT2D eigenvalue weighted by molar-refractivity contribution is 5.86. The van der Waals surface area contributed by atoms with Crippen LogP contribution in [0.1, 0.15) is 17.5 Å². The molecular formula is C14H18FNO2. The van der Waals surface area contributed by atoms with Gasteiger partial charge >= 0.3 is 0 Å². The molecule has 18 heavy (non-hydrogen) atoms. The number of methoxy groups -OCH3 is 1. The van der Waals surface area contributed by atoms with Gasteiger partial charge in [-0.3, -0.25) is 4.79 Å². The zero-order valence-electron chi connectivity index (χ0n) is 10.7. The predicted octanol–water partition coefficient (Wildman–Crippen LogP) is 1.62. The molecule has 2 rings (SSSR count). The smallest absolute Gasteiger partial charge is 0.154 e. The summed E-state index contributed by atoms with van der Waals surface area (Å²) in [6.07, 6.45) is 1.08. The summed E-state index contributed by atoms with van der Waals surface area (Å²) in [4.78, 5) is 12.1. The van der Waals surface area contributed by atoms with Crippen molar-refractivity contribution in [2.45, 2.75) is 31.9 Å². The van der Waals surface area contributed by atoms with E-state index in [1.165, 1.54) is 12.1 Å². The molecule has 1 N–H and O–H groups in total. The molecule has 0 spiro atoms. The minimum atomic E-state index is -0.294. The van der Waals surface area contributed by atoms with E-state index in [4.69, 9.17) is 4.74 Å². The van der Waals surface area contributed by atoms with Crippen molar-refractivity contribution < 1.29 is 13.9 Å². The van der Waals surface area contributed by atoms with Crippen molar-refractivity contribution in [1.82, 2.24) is 5.32 Å². The Bertz CT molecular complexity index is 447. The third-order valence-corrected chi connectivity index (χ3v) is 3.49. The molecular weight excluding hydrogens is 233 g/mol. The molecule has 4 heteroatoms. The highest BCUT2D eigenvalue weighted by Crippen LogP contribution is 2.16. The number of carbonyl (C=O) groups excluding carboxylic acids is 1. The van der Waals surface area contributed by atoms with E-state index < -0.39 is 0 Å². The van der Waals surface area contributed by atoms with E-state index >= 15 is 0 Å². The SMILES string of the molecule is COC1CNC(C(=O)Cc2cc(F)ccc2C)C1. The van der Waals surface area contributed by atoms with Crippen molar-refractivity contribution in [2.24, 2.45) is 0 Å². The molecule has 1 aliphatic heterocycles. The van der Waals surface area contributed by atoms with Crippen molar-refractivity contribution in [3.8, 4) is 0 Å². The van der Waals surface area contributed by atoms with Gasteiger partial charge in [-0.25, -0.2) is 4.39 Å². The standard InChI is InChI=1S/C14H18FNO2/c1-9-3-4-11(15)5-10(9)6-14(17)13-7-12(18-2)8-16-13/h3-5,12-13,16H,6-8H2,1-2H3. The van der Waals surface area contributed by atoms with Crippen molar-refractivity contribution in [3.05, 3.63) is 35.1 Å². The van der Waals surface area contributed by atoms with Crippen LogP contribution >= 0.6 is 0 Å². The number of hydrogen-bond donors (Lipinski definition) is 1. The van der Waals surface area contributed by atoms with E-state index in [2.05, 4.69) is 5.32 Å². The van der Waals surface area contributed by atoms with E-state index in [0.29, 0.717) is 13.0 Å². The van der Waals surface area contributed by atoms with Crippen LogP contribution in [0.4, 0.5) is 4.39 Å². The minimum absolute atomic E-state index is 0.100. The summed E-state index contributed by atoms with van der Waals surface area (Å²) < 4.78 is 18.4. The summed E-state index contributed by atoms with van der Waals surface area (Å²) in [6, 6.07) is 4.39. The van der Waals surface area contributed by atoms with Crippen LogP contribution < -0.4 is 5.32 Å². The van der Waals surface area contributed by atoms with Gasteiger partial charge in [0, 0.05) is 20.1 Å². The number of Topliss-reactive ketones (excluding diaryl/α,β-unsaturated/α-hetero) is 1. The fraction of sp³-hybridized carbons (Fsp3) is 0.500. The largest absolute Gasteiger partial charge is 0.380 e. The molecule has 0 aromatic heterocycles. The monoisotopic (exact) mass is 251 g/mol. The molecule has 0 amide bonds. The van der Waals surface area contributed by atoms with Crippen molar-refractivity contribution in [1.29, 1.82) is 0 Å². The van der Waals surface area contributed by atoms with Gasteiger partial charge in [0.15, 0.2) is 5.78 Å². The zero-order chi connectivity index (χ0) is 13.1. The van der Waals surface area contributed by atoms with Gasteiger partial charge in [-0.1, -0.05) is 6.07 Å². The number of halogens is 1. The zero-order valence-corrected chi connectivity index (χ0v) is 10.7. The summed E-state index contributed by atoms with van der Waals surface area (Å²) in [5.74, 6) is -0.194. The van der Waals surface area contributed by atoms with Gasteiger partial charge in [-0.2, -0.15) is 0 Å². The van der Waals surface area contributed by atoms with Gasteiger partial charge in [0.05, 0.1) is 12.1 Å². The lowest BCUT2D eigenvalue weighted by atomic mass is 9.99. The molecule has 2 atom stereocenters. The Morgan fingerprint density at radius 3 is 3.00 bits per heavy atom. The third-order valence-electron chi connectivity index (χ3n) is 3.49. The van der Waals surface area contributed by atoms with Crippen LogP contribution in [-0.2, 0) is 16.0 Å². The predicted molar refractivity (Wildman–Crippen MR) is 67.1 cm³/mol. The summed E-state index contributed by atoms with van der Waals surface area (Å²) in [5, 5.41) is 3.14. The first-order valence-corrected chi connectivity index (χ1v) is 6.14. The number of hydrogen-bond acceptors (Lipinski definition) is 3. The number of rotatable bonds is 4. The first-order valence-electron chi connectivity index (χ1n) is 6.14. The topological polar surface area (TPSA) is 38.3 Å². The Morgan fingerprint density at radius 2 is 2.33 bits per heavy atom. The quantitative estimate of drug-likeness (QED) is 0.883. The molecule has 1 heterocycles. The highest BCUT2D eigenvalue weighted by atomic mass is 19.1. The van der Waals surface area contributed by atoms with Crippen LogP contribution in [0, 0.1) is 12.7 Å². The van der Waals surface area contributed by atoms with Crippen molar-refractivity contribution in [2.75, 3.05) is 13.7 Å². The lowest BCUT2D eigenvalue weighted by Crippen LogP contribution is -2.32. The van der Waals surface area contributed by atoms with Gasteiger partial charge in [0.2, 0.25) is 0 Å². The summed E-state index contributed by atoms with van der Waals surface area (Å²) in [5.41, 5.74) is 1.72. The van der Waals surface area contributed by atoms with E-state index in [1.54, 1.807) is 13.2 Å². The van der Waals surface area contributed by atoms with Crippen LogP contribution in [0.3, 0.4) is 0 Å².